The van der Waals surface area contributed by atoms with E-state index in [-0.39, 0.29) is 11.1 Å². The summed E-state index contributed by atoms with van der Waals surface area (Å²) >= 11 is 0. The summed E-state index contributed by atoms with van der Waals surface area (Å²) < 4.78 is 34.7. The maximum absolute atomic E-state index is 14.9. The molecule has 1 atom stereocenters. The largest absolute Gasteiger partial charge is 0.496 e. The highest BCUT2D eigenvalue weighted by molar-refractivity contribution is 5.89. The molecule has 0 saturated carbocycles. The number of ether oxygens (including phenoxy) is 1. The van der Waals surface area contributed by atoms with Gasteiger partial charge in [0.05, 0.1) is 7.11 Å². The molecule has 4 aromatic rings. The van der Waals surface area contributed by atoms with Crippen molar-refractivity contribution in [2.75, 3.05) is 7.11 Å². The van der Waals surface area contributed by atoms with Crippen LogP contribution >= 0.6 is 0 Å². The Kier molecular flexibility index (Phi) is 4.82. The molecule has 0 bridgehead atoms. The van der Waals surface area contributed by atoms with Crippen LogP contribution in [-0.4, -0.2) is 18.3 Å². The summed E-state index contributed by atoms with van der Waals surface area (Å²) in [4.78, 5) is 8.65. The van der Waals surface area contributed by atoms with Gasteiger partial charge < -0.3 is 4.74 Å². The second kappa shape index (κ2) is 7.68. The molecule has 0 spiro atoms. The molecule has 2 heterocycles. The summed E-state index contributed by atoms with van der Waals surface area (Å²) in [7, 11) is 1.63. The van der Waals surface area contributed by atoms with Gasteiger partial charge in [0.1, 0.15) is 17.1 Å². The van der Waals surface area contributed by atoms with Gasteiger partial charge in [-0.15, -0.1) is 0 Å². The number of fused-ring (bicyclic) bond motifs is 1. The molecule has 5 heteroatoms. The molecule has 1 unspecified atom stereocenters. The Balaban J connectivity index is 1.79. The predicted molar refractivity (Wildman–Crippen MR) is 121 cm³/mol. The first-order valence-corrected chi connectivity index (χ1v) is 10.3. The predicted octanol–water partition coefficient (Wildman–Crippen LogP) is 6.07. The van der Waals surface area contributed by atoms with Crippen LogP contribution in [0.3, 0.4) is 0 Å². The Morgan fingerprint density at radius 3 is 2.41 bits per heavy atom. The zero-order valence-corrected chi connectivity index (χ0v) is 17.6. The van der Waals surface area contributed by atoms with Crippen LogP contribution in [0, 0.1) is 18.7 Å². The first-order valence-electron chi connectivity index (χ1n) is 10.3. The van der Waals surface area contributed by atoms with Gasteiger partial charge in [-0.3, -0.25) is 4.99 Å². The van der Waals surface area contributed by atoms with Crippen LogP contribution in [0.25, 0.3) is 11.1 Å². The van der Waals surface area contributed by atoms with Crippen molar-refractivity contribution >= 4 is 6.21 Å². The summed E-state index contributed by atoms with van der Waals surface area (Å²) in [5.41, 5.74) is 3.96. The van der Waals surface area contributed by atoms with Gasteiger partial charge in [-0.1, -0.05) is 36.4 Å². The van der Waals surface area contributed by atoms with E-state index in [0.29, 0.717) is 0 Å². The third-order valence-corrected chi connectivity index (χ3v) is 5.99. The molecule has 5 rings (SSSR count). The number of pyridine rings is 1. The first kappa shape index (κ1) is 20.1. The lowest BCUT2D eigenvalue weighted by Gasteiger charge is -2.30. The van der Waals surface area contributed by atoms with Crippen molar-refractivity contribution in [2.45, 2.75) is 12.5 Å². The normalized spacial score (nSPS) is 16.8. The second-order valence-electron chi connectivity index (χ2n) is 7.78. The SMILES string of the molecule is COc1ccc(C2(c3ccc(F)c(-c4cccnc4F)c3)N=Cc3ccccc32)cc1C. The lowest BCUT2D eigenvalue weighted by Crippen LogP contribution is -2.25. The molecular weight excluding hydrogens is 406 g/mol. The lowest BCUT2D eigenvalue weighted by atomic mass is 9.76. The topological polar surface area (TPSA) is 34.5 Å². The Bertz CT molecular complexity index is 1370. The molecule has 1 aliphatic heterocycles. The van der Waals surface area contributed by atoms with Crippen molar-refractivity contribution in [2.24, 2.45) is 4.99 Å². The smallest absolute Gasteiger partial charge is 0.220 e. The van der Waals surface area contributed by atoms with Crippen molar-refractivity contribution in [3.8, 4) is 16.9 Å². The van der Waals surface area contributed by atoms with Crippen LogP contribution in [0.2, 0.25) is 0 Å². The van der Waals surface area contributed by atoms with Gasteiger partial charge in [0, 0.05) is 23.5 Å². The number of aliphatic imine (C=N–C) groups is 1. The minimum absolute atomic E-state index is 0.114. The minimum atomic E-state index is -0.894. The van der Waals surface area contributed by atoms with Gasteiger partial charge >= 0.3 is 0 Å². The Morgan fingerprint density at radius 2 is 1.62 bits per heavy atom. The quantitative estimate of drug-likeness (QED) is 0.371. The number of hydrogen-bond acceptors (Lipinski definition) is 3. The molecule has 1 aromatic heterocycles. The average Bonchev–Trinajstić information content (AvgIpc) is 3.20. The zero-order chi connectivity index (χ0) is 22.3. The molecule has 32 heavy (non-hydrogen) atoms. The number of hydrogen-bond donors (Lipinski definition) is 0. The number of nitrogens with zero attached hydrogens (tertiary/aromatic N) is 2. The van der Waals surface area contributed by atoms with Crippen molar-refractivity contribution in [3.05, 3.63) is 119 Å². The first-order chi connectivity index (χ1) is 15.5. The lowest BCUT2D eigenvalue weighted by molar-refractivity contribution is 0.411. The Labute approximate surface area is 185 Å². The summed E-state index contributed by atoms with van der Waals surface area (Å²) in [5, 5.41) is 0. The monoisotopic (exact) mass is 426 g/mol. The number of rotatable bonds is 4. The summed E-state index contributed by atoms with van der Waals surface area (Å²) in [6.45, 7) is 1.97. The molecule has 0 amide bonds. The summed E-state index contributed by atoms with van der Waals surface area (Å²) in [5.74, 6) is -0.457. The molecule has 1 aliphatic rings. The van der Waals surface area contributed by atoms with E-state index in [1.165, 1.54) is 18.3 Å². The molecule has 0 radical (unpaired) electrons. The summed E-state index contributed by atoms with van der Waals surface area (Å²) in [6.07, 6.45) is 3.18. The highest BCUT2D eigenvalue weighted by atomic mass is 19.1. The van der Waals surface area contributed by atoms with E-state index < -0.39 is 17.3 Å². The minimum Gasteiger partial charge on any atom is -0.496 e. The Morgan fingerprint density at radius 1 is 0.844 bits per heavy atom. The molecule has 0 fully saturated rings. The number of aryl methyl sites for hydroxylation is 1. The molecule has 0 aliphatic carbocycles. The van der Waals surface area contributed by atoms with E-state index in [0.717, 1.165) is 33.6 Å². The third-order valence-electron chi connectivity index (χ3n) is 5.99. The zero-order valence-electron chi connectivity index (χ0n) is 17.6. The molecule has 0 saturated heterocycles. The average molecular weight is 426 g/mol. The highest BCUT2D eigenvalue weighted by Gasteiger charge is 2.41. The van der Waals surface area contributed by atoms with Gasteiger partial charge in [0.25, 0.3) is 0 Å². The van der Waals surface area contributed by atoms with E-state index in [4.69, 9.17) is 9.73 Å². The van der Waals surface area contributed by atoms with Crippen molar-refractivity contribution in [1.29, 1.82) is 0 Å². The standard InChI is InChI=1S/C27H20F2N2O/c1-17-14-19(10-12-25(17)32-2)27(23-8-4-3-6-18(23)16-31-27)20-9-11-24(28)22(15-20)21-7-5-13-30-26(21)29/h3-16H,1-2H3. The maximum atomic E-state index is 14.9. The maximum Gasteiger partial charge on any atom is 0.220 e. The van der Waals surface area contributed by atoms with Crippen molar-refractivity contribution in [1.82, 2.24) is 4.98 Å². The molecule has 3 nitrogen and oxygen atoms in total. The van der Waals surface area contributed by atoms with E-state index in [2.05, 4.69) is 4.98 Å². The number of methoxy groups -OCH3 is 1. The van der Waals surface area contributed by atoms with Gasteiger partial charge in [-0.25, -0.2) is 9.37 Å². The van der Waals surface area contributed by atoms with Crippen LogP contribution in [0.15, 0.2) is 84.0 Å². The molecule has 158 valence electrons. The van der Waals surface area contributed by atoms with Gasteiger partial charge in [-0.05, 0) is 71.1 Å². The van der Waals surface area contributed by atoms with E-state index in [9.17, 15) is 8.78 Å². The van der Waals surface area contributed by atoms with Crippen molar-refractivity contribution in [3.63, 3.8) is 0 Å². The highest BCUT2D eigenvalue weighted by Crippen LogP contribution is 2.46. The van der Waals surface area contributed by atoms with Gasteiger partial charge in [0.2, 0.25) is 5.95 Å². The van der Waals surface area contributed by atoms with E-state index >= 15 is 0 Å². The van der Waals surface area contributed by atoms with Crippen LogP contribution in [0.1, 0.15) is 27.8 Å². The molecule has 3 aromatic carbocycles. The van der Waals surface area contributed by atoms with Gasteiger partial charge in [-0.2, -0.15) is 4.39 Å². The summed E-state index contributed by atoms with van der Waals surface area (Å²) in [6, 6.07) is 21.7. The van der Waals surface area contributed by atoms with Crippen LogP contribution in [0.4, 0.5) is 8.78 Å². The van der Waals surface area contributed by atoms with Gasteiger partial charge in [0.15, 0.2) is 0 Å². The van der Waals surface area contributed by atoms with Crippen LogP contribution in [-0.2, 0) is 5.54 Å². The van der Waals surface area contributed by atoms with E-state index in [1.54, 1.807) is 25.3 Å². The number of aromatic nitrogens is 1. The van der Waals surface area contributed by atoms with Crippen molar-refractivity contribution < 1.29 is 13.5 Å². The van der Waals surface area contributed by atoms with Crippen LogP contribution < -0.4 is 4.74 Å². The number of benzene rings is 3. The fourth-order valence-corrected chi connectivity index (χ4v) is 4.45. The second-order valence-corrected chi connectivity index (χ2v) is 7.78. The molecule has 0 N–H and O–H groups in total. The fourth-order valence-electron chi connectivity index (χ4n) is 4.45. The Hall–Kier alpha value is -3.86. The third kappa shape index (κ3) is 3.01. The number of halogens is 2. The van der Waals surface area contributed by atoms with Crippen LogP contribution in [0.5, 0.6) is 5.75 Å². The molecular formula is C27H20F2N2O. The fraction of sp³-hybridized carbons (Fsp3) is 0.111. The van der Waals surface area contributed by atoms with E-state index in [1.807, 2.05) is 55.6 Å².